The van der Waals surface area contributed by atoms with E-state index in [-0.39, 0.29) is 12.1 Å². The van der Waals surface area contributed by atoms with Gasteiger partial charge in [0.25, 0.3) is 6.71 Å². The van der Waals surface area contributed by atoms with E-state index in [1.165, 1.54) is 55.4 Å². The summed E-state index contributed by atoms with van der Waals surface area (Å²) in [5.74, 6) is 1.85. The van der Waals surface area contributed by atoms with Gasteiger partial charge in [0.1, 0.15) is 11.5 Å². The van der Waals surface area contributed by atoms with Crippen LogP contribution in [0, 0.1) is 0 Å². The zero-order valence-corrected chi connectivity index (χ0v) is 25.2. The molecule has 0 unspecified atom stereocenters. The molecule has 3 nitrogen and oxygen atoms in total. The third kappa shape index (κ3) is 3.21. The first-order valence-electron chi connectivity index (χ1n) is 15.7. The second-order valence-corrected chi connectivity index (χ2v) is 12.9. The summed E-state index contributed by atoms with van der Waals surface area (Å²) in [5.41, 5.74) is 14.9. The molecule has 1 aromatic heterocycles. The maximum Gasteiger partial charge on any atom is 0.256 e. The SMILES string of the molecule is CC1(C)c2ccccc2-c2c1c1cccc3c1n2-c1cc(N(c2ccccc2)c2ccccc2)cc2c1B3c1ccccc1O2. The van der Waals surface area contributed by atoms with Crippen LogP contribution < -0.4 is 26.0 Å². The van der Waals surface area contributed by atoms with Crippen LogP contribution in [0.1, 0.15) is 25.0 Å². The van der Waals surface area contributed by atoms with Crippen LogP contribution in [0.15, 0.2) is 140 Å². The van der Waals surface area contributed by atoms with Crippen molar-refractivity contribution < 1.29 is 4.74 Å². The minimum Gasteiger partial charge on any atom is -0.458 e. The van der Waals surface area contributed by atoms with E-state index in [1.54, 1.807) is 0 Å². The smallest absolute Gasteiger partial charge is 0.256 e. The Morgan fingerprint density at radius 3 is 2.07 bits per heavy atom. The van der Waals surface area contributed by atoms with Crippen LogP contribution in [0.25, 0.3) is 27.8 Å². The van der Waals surface area contributed by atoms with Gasteiger partial charge in [0.2, 0.25) is 0 Å². The van der Waals surface area contributed by atoms with E-state index in [1.807, 2.05) is 0 Å². The number of nitrogens with zero attached hydrogens (tertiary/aromatic N) is 2. The third-order valence-electron chi connectivity index (χ3n) is 10.2. The highest BCUT2D eigenvalue weighted by molar-refractivity contribution is 6.99. The van der Waals surface area contributed by atoms with Crippen LogP contribution in [0.5, 0.6) is 11.5 Å². The van der Waals surface area contributed by atoms with Crippen molar-refractivity contribution in [3.05, 3.63) is 151 Å². The molecule has 0 saturated carbocycles. The first-order valence-corrected chi connectivity index (χ1v) is 15.7. The molecule has 2 aliphatic heterocycles. The monoisotopic (exact) mass is 576 g/mol. The average Bonchev–Trinajstić information content (AvgIpc) is 3.55. The van der Waals surface area contributed by atoms with Gasteiger partial charge >= 0.3 is 0 Å². The number of ether oxygens (including phenoxy) is 1. The molecule has 0 saturated heterocycles. The van der Waals surface area contributed by atoms with E-state index in [0.717, 1.165) is 28.6 Å². The lowest BCUT2D eigenvalue weighted by molar-refractivity contribution is 0.487. The number of benzene rings is 6. The zero-order chi connectivity index (χ0) is 29.9. The van der Waals surface area contributed by atoms with Gasteiger partial charge in [0.05, 0.1) is 11.4 Å². The molecule has 1 aliphatic carbocycles. The highest BCUT2D eigenvalue weighted by Crippen LogP contribution is 2.54. The molecule has 4 heteroatoms. The van der Waals surface area contributed by atoms with Crippen molar-refractivity contribution in [1.82, 2.24) is 4.57 Å². The summed E-state index contributed by atoms with van der Waals surface area (Å²) in [6, 6.07) is 50.4. The molecule has 10 rings (SSSR count). The Labute approximate surface area is 263 Å². The topological polar surface area (TPSA) is 17.4 Å². The summed E-state index contributed by atoms with van der Waals surface area (Å²) in [7, 11) is 0. The quantitative estimate of drug-likeness (QED) is 0.197. The molecule has 0 amide bonds. The van der Waals surface area contributed by atoms with Crippen LogP contribution in [-0.2, 0) is 5.41 Å². The lowest BCUT2D eigenvalue weighted by Crippen LogP contribution is -2.58. The molecular formula is C41H29BN2O. The number of aromatic nitrogens is 1. The van der Waals surface area contributed by atoms with Crippen LogP contribution in [0.2, 0.25) is 0 Å². The fourth-order valence-corrected chi connectivity index (χ4v) is 8.39. The third-order valence-corrected chi connectivity index (χ3v) is 10.2. The maximum atomic E-state index is 6.86. The summed E-state index contributed by atoms with van der Waals surface area (Å²) >= 11 is 0. The fourth-order valence-electron chi connectivity index (χ4n) is 8.39. The Kier molecular flexibility index (Phi) is 4.87. The van der Waals surface area contributed by atoms with Crippen molar-refractivity contribution in [3.63, 3.8) is 0 Å². The second kappa shape index (κ2) is 8.80. The molecule has 3 heterocycles. The largest absolute Gasteiger partial charge is 0.458 e. The molecule has 6 aromatic carbocycles. The molecule has 7 aromatic rings. The highest BCUT2D eigenvalue weighted by Gasteiger charge is 2.46. The van der Waals surface area contributed by atoms with Crippen LogP contribution in [0.4, 0.5) is 17.1 Å². The Morgan fingerprint density at radius 2 is 1.29 bits per heavy atom. The molecule has 212 valence electrons. The van der Waals surface area contributed by atoms with Crippen LogP contribution >= 0.6 is 0 Å². The highest BCUT2D eigenvalue weighted by atomic mass is 16.5. The van der Waals surface area contributed by atoms with Crippen molar-refractivity contribution >= 4 is 51.1 Å². The van der Waals surface area contributed by atoms with E-state index in [0.29, 0.717) is 0 Å². The van der Waals surface area contributed by atoms with Crippen molar-refractivity contribution in [1.29, 1.82) is 0 Å². The van der Waals surface area contributed by atoms with Gasteiger partial charge in [-0.1, -0.05) is 111 Å². The normalized spacial score (nSPS) is 14.3. The van der Waals surface area contributed by atoms with Gasteiger partial charge in [-0.05, 0) is 63.9 Å². The fraction of sp³-hybridized carbons (Fsp3) is 0.0732. The molecular weight excluding hydrogens is 547 g/mol. The second-order valence-electron chi connectivity index (χ2n) is 12.9. The first-order chi connectivity index (χ1) is 22.1. The van der Waals surface area contributed by atoms with Crippen molar-refractivity contribution in [2.75, 3.05) is 4.90 Å². The summed E-state index contributed by atoms with van der Waals surface area (Å²) in [6.45, 7) is 4.85. The van der Waals surface area contributed by atoms with E-state index < -0.39 is 0 Å². The van der Waals surface area contributed by atoms with Gasteiger partial charge in [-0.2, -0.15) is 0 Å². The standard InChI is InChI=1S/C41H29BN2O/c1-41(2)31-20-10-9-18-29(31)40-37(41)30-19-13-22-33-39(30)44(40)34-24-28(25-36-38(34)42(33)32-21-11-12-23-35(32)45-36)43(26-14-5-3-6-15-26)27-16-7-4-8-17-27/h3-25H,1-2H3. The van der Waals surface area contributed by atoms with E-state index in [4.69, 9.17) is 4.74 Å². The Bertz CT molecular complexity index is 2300. The zero-order valence-electron chi connectivity index (χ0n) is 25.2. The molecule has 45 heavy (non-hydrogen) atoms. The van der Waals surface area contributed by atoms with Crippen LogP contribution in [0.3, 0.4) is 0 Å². The lowest BCUT2D eigenvalue weighted by atomic mass is 9.34. The molecule has 0 fully saturated rings. The molecule has 0 atom stereocenters. The van der Waals surface area contributed by atoms with Gasteiger partial charge < -0.3 is 14.2 Å². The minimum atomic E-state index is -0.122. The first kappa shape index (κ1) is 24.9. The molecule has 0 spiro atoms. The Morgan fingerprint density at radius 1 is 0.622 bits per heavy atom. The van der Waals surface area contributed by atoms with Gasteiger partial charge in [0, 0.05) is 45.0 Å². The maximum absolute atomic E-state index is 6.86. The summed E-state index contributed by atoms with van der Waals surface area (Å²) < 4.78 is 9.43. The van der Waals surface area contributed by atoms with Crippen molar-refractivity contribution in [3.8, 4) is 28.4 Å². The van der Waals surface area contributed by atoms with Gasteiger partial charge in [-0.3, -0.25) is 0 Å². The van der Waals surface area contributed by atoms with Gasteiger partial charge in [0.15, 0.2) is 0 Å². The number of anilines is 3. The van der Waals surface area contributed by atoms with E-state index in [9.17, 15) is 0 Å². The number of fused-ring (bicyclic) bond motifs is 9. The van der Waals surface area contributed by atoms with Crippen LogP contribution in [-0.4, -0.2) is 11.3 Å². The Balaban J connectivity index is 1.36. The lowest BCUT2D eigenvalue weighted by Gasteiger charge is -2.35. The Hall–Kier alpha value is -5.48. The molecule has 0 bridgehead atoms. The minimum absolute atomic E-state index is 0.0838. The molecule has 3 aliphatic rings. The van der Waals surface area contributed by atoms with Gasteiger partial charge in [-0.15, -0.1) is 0 Å². The van der Waals surface area contributed by atoms with E-state index in [2.05, 4.69) is 163 Å². The summed E-state index contributed by atoms with van der Waals surface area (Å²) in [5, 5.41) is 1.34. The predicted octanol–water partition coefficient (Wildman–Crippen LogP) is 8.34. The van der Waals surface area contributed by atoms with Crippen molar-refractivity contribution in [2.45, 2.75) is 19.3 Å². The average molecular weight is 577 g/mol. The molecule has 0 radical (unpaired) electrons. The van der Waals surface area contributed by atoms with E-state index >= 15 is 0 Å². The summed E-state index contributed by atoms with van der Waals surface area (Å²) in [6.07, 6.45) is 0. The number of rotatable bonds is 3. The van der Waals surface area contributed by atoms with Gasteiger partial charge in [-0.25, -0.2) is 0 Å². The van der Waals surface area contributed by atoms with Crippen molar-refractivity contribution in [2.24, 2.45) is 0 Å². The predicted molar refractivity (Wildman–Crippen MR) is 187 cm³/mol. The summed E-state index contributed by atoms with van der Waals surface area (Å²) in [4.78, 5) is 2.34. The number of para-hydroxylation sites is 4. The number of hydrogen-bond acceptors (Lipinski definition) is 2. The molecule has 0 N–H and O–H groups in total. The number of hydrogen-bond donors (Lipinski definition) is 0.